The van der Waals surface area contributed by atoms with E-state index in [9.17, 15) is 4.39 Å². The molecule has 2 nitrogen and oxygen atoms in total. The van der Waals surface area contributed by atoms with Gasteiger partial charge in [0.05, 0.1) is 0 Å². The maximum absolute atomic E-state index is 12.6. The molecule has 0 saturated carbocycles. The van der Waals surface area contributed by atoms with E-state index in [0.717, 1.165) is 31.2 Å². The van der Waals surface area contributed by atoms with Crippen molar-refractivity contribution in [1.29, 1.82) is 0 Å². The summed E-state index contributed by atoms with van der Waals surface area (Å²) in [4.78, 5) is 0. The Morgan fingerprint density at radius 3 is 2.80 bits per heavy atom. The van der Waals surface area contributed by atoms with Crippen molar-refractivity contribution in [2.45, 2.75) is 12.8 Å². The van der Waals surface area contributed by atoms with Crippen molar-refractivity contribution in [3.8, 4) is 0 Å². The summed E-state index contributed by atoms with van der Waals surface area (Å²) in [6, 6.07) is 6.53. The van der Waals surface area contributed by atoms with E-state index < -0.39 is 0 Å². The quantitative estimate of drug-likeness (QED) is 0.793. The summed E-state index contributed by atoms with van der Waals surface area (Å²) in [6.07, 6.45) is 2.47. The van der Waals surface area contributed by atoms with Gasteiger partial charge in [0.25, 0.3) is 0 Å². The van der Waals surface area contributed by atoms with Gasteiger partial charge in [-0.05, 0) is 56.1 Å². The molecule has 1 fully saturated rings. The third kappa shape index (κ3) is 3.20. The van der Waals surface area contributed by atoms with E-state index in [0.29, 0.717) is 0 Å². The lowest BCUT2D eigenvalue weighted by Gasteiger charge is -2.10. The van der Waals surface area contributed by atoms with E-state index in [1.54, 1.807) is 12.1 Å². The number of anilines is 1. The van der Waals surface area contributed by atoms with Gasteiger partial charge < -0.3 is 10.6 Å². The summed E-state index contributed by atoms with van der Waals surface area (Å²) in [5, 5.41) is 6.66. The number of rotatable bonds is 4. The highest BCUT2D eigenvalue weighted by molar-refractivity contribution is 5.42. The van der Waals surface area contributed by atoms with Gasteiger partial charge >= 0.3 is 0 Å². The minimum Gasteiger partial charge on any atom is -0.385 e. The lowest BCUT2D eigenvalue weighted by molar-refractivity contribution is 0.549. The van der Waals surface area contributed by atoms with Gasteiger partial charge in [-0.25, -0.2) is 4.39 Å². The van der Waals surface area contributed by atoms with Crippen molar-refractivity contribution in [2.24, 2.45) is 5.92 Å². The average molecular weight is 208 g/mol. The molecule has 1 heterocycles. The van der Waals surface area contributed by atoms with Crippen LogP contribution in [-0.4, -0.2) is 19.6 Å². The fourth-order valence-electron chi connectivity index (χ4n) is 1.95. The van der Waals surface area contributed by atoms with Gasteiger partial charge in [0.1, 0.15) is 5.82 Å². The van der Waals surface area contributed by atoms with Crippen LogP contribution in [0.2, 0.25) is 0 Å². The maximum atomic E-state index is 12.6. The molecule has 1 unspecified atom stereocenters. The SMILES string of the molecule is Fc1ccc(NCCC2CCNC2)cc1. The lowest BCUT2D eigenvalue weighted by Crippen LogP contribution is -2.12. The van der Waals surface area contributed by atoms with E-state index in [2.05, 4.69) is 10.6 Å². The van der Waals surface area contributed by atoms with Crippen LogP contribution in [0.25, 0.3) is 0 Å². The first kappa shape index (κ1) is 10.4. The number of hydrogen-bond donors (Lipinski definition) is 2. The third-order valence-electron chi connectivity index (χ3n) is 2.89. The smallest absolute Gasteiger partial charge is 0.123 e. The normalized spacial score (nSPS) is 20.5. The number of hydrogen-bond acceptors (Lipinski definition) is 2. The van der Waals surface area contributed by atoms with E-state index in [-0.39, 0.29) is 5.82 Å². The Bertz CT molecular complexity index is 291. The van der Waals surface area contributed by atoms with Crippen LogP contribution in [-0.2, 0) is 0 Å². The zero-order chi connectivity index (χ0) is 10.5. The second-order valence-corrected chi connectivity index (χ2v) is 4.08. The predicted molar refractivity (Wildman–Crippen MR) is 60.5 cm³/mol. The molecule has 1 saturated heterocycles. The van der Waals surface area contributed by atoms with Crippen LogP contribution in [0.3, 0.4) is 0 Å². The molecule has 3 heteroatoms. The largest absolute Gasteiger partial charge is 0.385 e. The maximum Gasteiger partial charge on any atom is 0.123 e. The molecule has 1 atom stereocenters. The molecule has 82 valence electrons. The Kier molecular flexibility index (Phi) is 3.56. The van der Waals surface area contributed by atoms with Crippen molar-refractivity contribution >= 4 is 5.69 Å². The highest BCUT2D eigenvalue weighted by Gasteiger charge is 2.13. The lowest BCUT2D eigenvalue weighted by atomic mass is 10.1. The Morgan fingerprint density at radius 1 is 1.33 bits per heavy atom. The topological polar surface area (TPSA) is 24.1 Å². The van der Waals surface area contributed by atoms with Gasteiger partial charge in [-0.1, -0.05) is 0 Å². The molecule has 0 bridgehead atoms. The average Bonchev–Trinajstić information content (AvgIpc) is 2.74. The van der Waals surface area contributed by atoms with Gasteiger partial charge in [0, 0.05) is 12.2 Å². The van der Waals surface area contributed by atoms with Crippen LogP contribution in [0.1, 0.15) is 12.8 Å². The highest BCUT2D eigenvalue weighted by Crippen LogP contribution is 2.13. The Hall–Kier alpha value is -1.09. The van der Waals surface area contributed by atoms with Crippen molar-refractivity contribution < 1.29 is 4.39 Å². The van der Waals surface area contributed by atoms with E-state index in [1.165, 1.54) is 25.0 Å². The molecule has 1 aliphatic heterocycles. The summed E-state index contributed by atoms with van der Waals surface area (Å²) >= 11 is 0. The van der Waals surface area contributed by atoms with E-state index in [1.807, 2.05) is 0 Å². The Balaban J connectivity index is 1.71. The Morgan fingerprint density at radius 2 is 2.13 bits per heavy atom. The Labute approximate surface area is 89.9 Å². The molecule has 0 aliphatic carbocycles. The molecule has 0 spiro atoms. The van der Waals surface area contributed by atoms with Gasteiger partial charge in [-0.15, -0.1) is 0 Å². The van der Waals surface area contributed by atoms with Gasteiger partial charge in [0.2, 0.25) is 0 Å². The highest BCUT2D eigenvalue weighted by atomic mass is 19.1. The van der Waals surface area contributed by atoms with Crippen LogP contribution in [0.4, 0.5) is 10.1 Å². The summed E-state index contributed by atoms with van der Waals surface area (Å²) in [5.41, 5.74) is 1.00. The summed E-state index contributed by atoms with van der Waals surface area (Å²) in [6.45, 7) is 3.27. The molecule has 2 N–H and O–H groups in total. The minimum absolute atomic E-state index is 0.180. The van der Waals surface area contributed by atoms with Crippen molar-refractivity contribution in [3.05, 3.63) is 30.1 Å². The van der Waals surface area contributed by atoms with Crippen LogP contribution in [0.5, 0.6) is 0 Å². The number of benzene rings is 1. The van der Waals surface area contributed by atoms with E-state index in [4.69, 9.17) is 0 Å². The molecular weight excluding hydrogens is 191 g/mol. The van der Waals surface area contributed by atoms with Gasteiger partial charge in [-0.3, -0.25) is 0 Å². The van der Waals surface area contributed by atoms with E-state index >= 15 is 0 Å². The first-order valence-electron chi connectivity index (χ1n) is 5.55. The molecule has 0 radical (unpaired) electrons. The van der Waals surface area contributed by atoms with Crippen molar-refractivity contribution in [3.63, 3.8) is 0 Å². The van der Waals surface area contributed by atoms with Gasteiger partial charge in [0.15, 0.2) is 0 Å². The summed E-state index contributed by atoms with van der Waals surface area (Å²) < 4.78 is 12.6. The molecule has 0 amide bonds. The van der Waals surface area contributed by atoms with Crippen LogP contribution < -0.4 is 10.6 Å². The van der Waals surface area contributed by atoms with Crippen LogP contribution >= 0.6 is 0 Å². The molecule has 15 heavy (non-hydrogen) atoms. The first-order valence-corrected chi connectivity index (χ1v) is 5.55. The standard InChI is InChI=1S/C12H17FN2/c13-11-1-3-12(4-2-11)15-8-6-10-5-7-14-9-10/h1-4,10,14-15H,5-9H2. The van der Waals surface area contributed by atoms with Crippen molar-refractivity contribution in [1.82, 2.24) is 5.32 Å². The monoisotopic (exact) mass is 208 g/mol. The fraction of sp³-hybridized carbons (Fsp3) is 0.500. The predicted octanol–water partition coefficient (Wildman–Crippen LogP) is 2.24. The number of halogens is 1. The zero-order valence-corrected chi connectivity index (χ0v) is 8.80. The molecule has 2 rings (SSSR count). The fourth-order valence-corrected chi connectivity index (χ4v) is 1.95. The molecule has 1 aromatic rings. The first-order chi connectivity index (χ1) is 7.34. The zero-order valence-electron chi connectivity index (χ0n) is 8.80. The molecule has 1 aromatic carbocycles. The van der Waals surface area contributed by atoms with Crippen molar-refractivity contribution in [2.75, 3.05) is 25.0 Å². The second-order valence-electron chi connectivity index (χ2n) is 4.08. The van der Waals surface area contributed by atoms with Gasteiger partial charge in [-0.2, -0.15) is 0 Å². The minimum atomic E-state index is -0.180. The molecule has 0 aromatic heterocycles. The third-order valence-corrected chi connectivity index (χ3v) is 2.89. The summed E-state index contributed by atoms with van der Waals surface area (Å²) in [5.74, 6) is 0.624. The number of nitrogens with one attached hydrogen (secondary N) is 2. The van der Waals surface area contributed by atoms with Crippen LogP contribution in [0.15, 0.2) is 24.3 Å². The molecule has 1 aliphatic rings. The second kappa shape index (κ2) is 5.12. The molecular formula is C12H17FN2. The van der Waals surface area contributed by atoms with Crippen LogP contribution in [0, 0.1) is 11.7 Å². The summed E-state index contributed by atoms with van der Waals surface area (Å²) in [7, 11) is 0.